The van der Waals surface area contributed by atoms with Crippen LogP contribution >= 0.6 is 11.8 Å². The van der Waals surface area contributed by atoms with Crippen LogP contribution in [0.5, 0.6) is 0 Å². The van der Waals surface area contributed by atoms with E-state index in [2.05, 4.69) is 31.3 Å². The summed E-state index contributed by atoms with van der Waals surface area (Å²) in [6, 6.07) is 7.30. The van der Waals surface area contributed by atoms with Crippen molar-refractivity contribution in [2.45, 2.75) is 23.6 Å². The molecule has 3 aromatic rings. The fraction of sp³-hybridized carbons (Fsp3) is 0.318. The third-order valence-corrected chi connectivity index (χ3v) is 7.39. The molecule has 162 valence electrons. The lowest BCUT2D eigenvalue weighted by Crippen LogP contribution is -2.37. The maximum Gasteiger partial charge on any atom is 0.218 e. The molecule has 1 saturated carbocycles. The normalized spacial score (nSPS) is 26.2. The molecule has 5 rings (SSSR count). The Balaban J connectivity index is 1.53. The summed E-state index contributed by atoms with van der Waals surface area (Å²) in [5, 5.41) is 13.5. The summed E-state index contributed by atoms with van der Waals surface area (Å²) in [6.07, 6.45) is 5.36. The van der Waals surface area contributed by atoms with Crippen LogP contribution in [0.3, 0.4) is 0 Å². The zero-order valence-electron chi connectivity index (χ0n) is 17.5. The standard InChI is InChI=1S/C22H20FN7OS/c1-21(16-7-22(16,11-31-2)32-20(25)30-21)15-6-14(10-28-18(15)23)29-19-17-13(3-4-26-19)5-12(8-24)9-27-17/h3-6,9-10,16H,7,11H2,1-2H3,(H2,25,30)(H,26,29)/t16?,21-,22?/m1/s1. The van der Waals surface area contributed by atoms with E-state index in [-0.39, 0.29) is 10.7 Å². The van der Waals surface area contributed by atoms with Crippen LogP contribution < -0.4 is 11.1 Å². The molecule has 0 aromatic carbocycles. The molecule has 0 saturated heterocycles. The topological polar surface area (TPSA) is 122 Å². The second kappa shape index (κ2) is 7.39. The minimum Gasteiger partial charge on any atom is -0.383 e. The molecule has 2 aliphatic rings. The average molecular weight is 450 g/mol. The number of nitrogens with two attached hydrogens (primary N) is 1. The van der Waals surface area contributed by atoms with Gasteiger partial charge in [0.25, 0.3) is 0 Å². The number of pyridine rings is 3. The van der Waals surface area contributed by atoms with E-state index in [4.69, 9.17) is 15.7 Å². The zero-order chi connectivity index (χ0) is 22.5. The number of thioether (sulfide) groups is 1. The molecule has 4 heterocycles. The van der Waals surface area contributed by atoms with Crippen molar-refractivity contribution in [2.24, 2.45) is 16.6 Å². The van der Waals surface area contributed by atoms with E-state index in [0.29, 0.717) is 39.9 Å². The molecule has 0 radical (unpaired) electrons. The Kier molecular flexibility index (Phi) is 4.76. The first-order valence-electron chi connectivity index (χ1n) is 10.00. The molecule has 0 spiro atoms. The Morgan fingerprint density at radius 3 is 2.97 bits per heavy atom. The lowest BCUT2D eigenvalue weighted by atomic mass is 9.86. The van der Waals surface area contributed by atoms with Gasteiger partial charge < -0.3 is 15.8 Å². The van der Waals surface area contributed by atoms with Gasteiger partial charge in [-0.2, -0.15) is 9.65 Å². The van der Waals surface area contributed by atoms with Crippen LogP contribution in [0.25, 0.3) is 10.9 Å². The lowest BCUT2D eigenvalue weighted by Gasteiger charge is -2.33. The molecule has 10 heteroatoms. The van der Waals surface area contributed by atoms with Crippen molar-refractivity contribution in [3.63, 3.8) is 0 Å². The molecular weight excluding hydrogens is 429 g/mol. The van der Waals surface area contributed by atoms with Crippen LogP contribution in [0.2, 0.25) is 0 Å². The SMILES string of the molecule is COCC12CC1[C@@](C)(c1cc(Nc3nccc4cc(C#N)cnc34)cnc1F)N=C(N)S2. The number of hydrogen-bond acceptors (Lipinski definition) is 9. The number of ether oxygens (including phenoxy) is 1. The van der Waals surface area contributed by atoms with Crippen LogP contribution in [0.4, 0.5) is 15.9 Å². The van der Waals surface area contributed by atoms with Gasteiger partial charge in [0, 0.05) is 36.4 Å². The number of nitriles is 1. The van der Waals surface area contributed by atoms with Crippen LogP contribution in [0, 0.1) is 23.2 Å². The number of amidine groups is 1. The fourth-order valence-corrected chi connectivity index (χ4v) is 6.00. The highest BCUT2D eigenvalue weighted by atomic mass is 32.2. The molecule has 3 atom stereocenters. The molecule has 3 N–H and O–H groups in total. The van der Waals surface area contributed by atoms with E-state index >= 15 is 0 Å². The Morgan fingerprint density at radius 2 is 2.19 bits per heavy atom. The summed E-state index contributed by atoms with van der Waals surface area (Å²) >= 11 is 1.50. The minimum absolute atomic E-state index is 0.0838. The van der Waals surface area contributed by atoms with Gasteiger partial charge in [-0.1, -0.05) is 11.8 Å². The first-order chi connectivity index (χ1) is 15.4. The number of halogens is 1. The van der Waals surface area contributed by atoms with Gasteiger partial charge in [0.2, 0.25) is 5.95 Å². The number of aliphatic imine (C=N–C) groups is 1. The van der Waals surface area contributed by atoms with Gasteiger partial charge in [-0.25, -0.2) is 9.97 Å². The molecule has 1 aliphatic heterocycles. The van der Waals surface area contributed by atoms with E-state index in [1.165, 1.54) is 24.2 Å². The van der Waals surface area contributed by atoms with Crippen molar-refractivity contribution >= 4 is 39.3 Å². The van der Waals surface area contributed by atoms with Gasteiger partial charge in [-0.05, 0) is 31.5 Å². The maximum absolute atomic E-state index is 15.0. The van der Waals surface area contributed by atoms with Gasteiger partial charge in [0.1, 0.15) is 11.6 Å². The largest absolute Gasteiger partial charge is 0.383 e. The number of fused-ring (bicyclic) bond motifs is 2. The van der Waals surface area contributed by atoms with Gasteiger partial charge >= 0.3 is 0 Å². The molecule has 1 fully saturated rings. The number of methoxy groups -OCH3 is 1. The molecule has 0 amide bonds. The third-order valence-electron chi connectivity index (χ3n) is 6.12. The second-order valence-corrected chi connectivity index (χ2v) is 9.64. The Labute approximate surface area is 188 Å². The quantitative estimate of drug-likeness (QED) is 0.568. The van der Waals surface area contributed by atoms with Crippen molar-refractivity contribution in [2.75, 3.05) is 19.0 Å². The van der Waals surface area contributed by atoms with Crippen molar-refractivity contribution in [1.82, 2.24) is 15.0 Å². The van der Waals surface area contributed by atoms with E-state index in [1.807, 2.05) is 6.92 Å². The predicted molar refractivity (Wildman–Crippen MR) is 121 cm³/mol. The monoisotopic (exact) mass is 449 g/mol. The zero-order valence-corrected chi connectivity index (χ0v) is 18.3. The molecule has 3 aromatic heterocycles. The maximum atomic E-state index is 15.0. The molecular formula is C22H20FN7OS. The first-order valence-corrected chi connectivity index (χ1v) is 10.8. The Hall–Kier alpha value is -3.29. The highest BCUT2D eigenvalue weighted by Gasteiger charge is 2.66. The lowest BCUT2D eigenvalue weighted by molar-refractivity contribution is 0.184. The molecule has 8 nitrogen and oxygen atoms in total. The summed E-state index contributed by atoms with van der Waals surface area (Å²) in [5.41, 5.74) is 7.27. The number of anilines is 2. The van der Waals surface area contributed by atoms with Crippen LogP contribution in [0.15, 0.2) is 41.8 Å². The summed E-state index contributed by atoms with van der Waals surface area (Å²) < 4.78 is 20.2. The second-order valence-electron chi connectivity index (χ2n) is 8.21. The highest BCUT2D eigenvalue weighted by molar-refractivity contribution is 8.15. The van der Waals surface area contributed by atoms with Crippen molar-refractivity contribution < 1.29 is 9.13 Å². The van der Waals surface area contributed by atoms with Crippen LogP contribution in [-0.4, -0.2) is 38.6 Å². The molecule has 1 aliphatic carbocycles. The van der Waals surface area contributed by atoms with E-state index in [1.54, 1.807) is 31.5 Å². The van der Waals surface area contributed by atoms with Crippen molar-refractivity contribution in [1.29, 1.82) is 5.26 Å². The number of hydrogen-bond donors (Lipinski definition) is 2. The van der Waals surface area contributed by atoms with Crippen LogP contribution in [-0.2, 0) is 10.3 Å². The molecule has 32 heavy (non-hydrogen) atoms. The predicted octanol–water partition coefficient (Wildman–Crippen LogP) is 3.46. The summed E-state index contributed by atoms with van der Waals surface area (Å²) in [5.74, 6) is -0.0122. The summed E-state index contributed by atoms with van der Waals surface area (Å²) in [4.78, 5) is 17.3. The van der Waals surface area contributed by atoms with Crippen LogP contribution in [0.1, 0.15) is 24.5 Å². The fourth-order valence-electron chi connectivity index (χ4n) is 4.55. The van der Waals surface area contributed by atoms with Gasteiger partial charge in [0.05, 0.1) is 34.3 Å². The van der Waals surface area contributed by atoms with E-state index in [9.17, 15) is 4.39 Å². The molecule has 2 unspecified atom stereocenters. The number of nitrogens with zero attached hydrogens (tertiary/aromatic N) is 5. The molecule has 0 bridgehead atoms. The average Bonchev–Trinajstić information content (AvgIpc) is 3.49. The van der Waals surface area contributed by atoms with E-state index in [0.717, 1.165) is 11.8 Å². The number of nitrogens with one attached hydrogen (secondary N) is 1. The number of aromatic nitrogens is 3. The van der Waals surface area contributed by atoms with Crippen molar-refractivity contribution in [3.8, 4) is 6.07 Å². The Bertz CT molecular complexity index is 1310. The summed E-state index contributed by atoms with van der Waals surface area (Å²) in [7, 11) is 1.65. The van der Waals surface area contributed by atoms with Gasteiger partial charge in [0.15, 0.2) is 11.0 Å². The first kappa shape index (κ1) is 20.6. The summed E-state index contributed by atoms with van der Waals surface area (Å²) in [6.45, 7) is 2.42. The smallest absolute Gasteiger partial charge is 0.218 e. The number of rotatable bonds is 5. The third kappa shape index (κ3) is 3.25. The minimum atomic E-state index is -0.852. The van der Waals surface area contributed by atoms with Gasteiger partial charge in [-0.3, -0.25) is 9.98 Å². The van der Waals surface area contributed by atoms with Crippen molar-refractivity contribution in [3.05, 3.63) is 53.9 Å². The Morgan fingerprint density at radius 1 is 1.34 bits per heavy atom. The highest BCUT2D eigenvalue weighted by Crippen LogP contribution is 2.65. The van der Waals surface area contributed by atoms with Gasteiger partial charge in [-0.15, -0.1) is 0 Å². The van der Waals surface area contributed by atoms with E-state index < -0.39 is 11.5 Å².